The molecule has 19 heteroatoms. The average molecular weight is 693 g/mol. The first-order valence-corrected chi connectivity index (χ1v) is 17.1. The van der Waals surface area contributed by atoms with Crippen LogP contribution in [0.15, 0.2) is 23.1 Å². The Bertz CT molecular complexity index is 1830. The van der Waals surface area contributed by atoms with Crippen molar-refractivity contribution in [1.29, 1.82) is 0 Å². The summed E-state index contributed by atoms with van der Waals surface area (Å²) in [5.74, 6) is -3.49. The summed E-state index contributed by atoms with van der Waals surface area (Å²) in [6, 6.07) is -1.04. The van der Waals surface area contributed by atoms with Crippen LogP contribution in [0.5, 0.6) is 0 Å². The molecule has 1 aromatic carbocycles. The summed E-state index contributed by atoms with van der Waals surface area (Å²) in [6.45, 7) is 5.87. The summed E-state index contributed by atoms with van der Waals surface area (Å²) in [7, 11) is -4.97. The van der Waals surface area contributed by atoms with Crippen molar-refractivity contribution in [2.45, 2.75) is 63.7 Å². The summed E-state index contributed by atoms with van der Waals surface area (Å²) < 4.78 is 52.8. The number of carbonyl (C=O) groups is 4. The molecule has 0 unspecified atom stereocenters. The molecule has 1 saturated carbocycles. The van der Waals surface area contributed by atoms with Crippen LogP contribution in [0.3, 0.4) is 0 Å². The number of carbonyl (C=O) groups excluding carboxylic acids is 4. The number of piperazine rings is 1. The topological polar surface area (TPSA) is 212 Å². The van der Waals surface area contributed by atoms with E-state index in [0.717, 1.165) is 23.8 Å². The number of urea groups is 1. The van der Waals surface area contributed by atoms with E-state index in [1.165, 1.54) is 6.20 Å². The number of amides is 5. The highest BCUT2D eigenvalue weighted by Crippen LogP contribution is 2.38. The molecule has 5 N–H and O–H groups in total. The number of hydrazine groups is 1. The molecule has 0 spiro atoms. The van der Waals surface area contributed by atoms with E-state index in [9.17, 15) is 32.4 Å². The van der Waals surface area contributed by atoms with Crippen molar-refractivity contribution in [3.05, 3.63) is 39.9 Å². The Morgan fingerprint density at radius 2 is 1.73 bits per heavy atom. The highest BCUT2D eigenvalue weighted by molar-refractivity contribution is 7.80. The van der Waals surface area contributed by atoms with E-state index in [0.29, 0.717) is 42.4 Å². The zero-order valence-electron chi connectivity index (χ0n) is 26.3. The van der Waals surface area contributed by atoms with Crippen molar-refractivity contribution < 1.29 is 40.8 Å². The van der Waals surface area contributed by atoms with E-state index in [2.05, 4.69) is 25.8 Å². The second-order valence-corrected chi connectivity index (χ2v) is 13.8. The van der Waals surface area contributed by atoms with Crippen LogP contribution in [0.4, 0.5) is 14.9 Å². The highest BCUT2D eigenvalue weighted by atomic mass is 32.3. The lowest BCUT2D eigenvalue weighted by Crippen LogP contribution is -2.58. The van der Waals surface area contributed by atoms with Gasteiger partial charge in [0.05, 0.1) is 17.2 Å². The number of nitrogens with one attached hydrogen (secondary N) is 4. The van der Waals surface area contributed by atoms with Gasteiger partial charge < -0.3 is 25.0 Å². The Labute approximate surface area is 274 Å². The summed E-state index contributed by atoms with van der Waals surface area (Å²) in [5, 5.41) is 6.35. The van der Waals surface area contributed by atoms with Gasteiger partial charge in [0.2, 0.25) is 11.3 Å². The molecule has 5 amide bonds. The molecule has 1 aromatic heterocycles. The van der Waals surface area contributed by atoms with Crippen molar-refractivity contribution in [3.8, 4) is 0 Å². The maximum Gasteiger partial charge on any atom is 0.418 e. The molecule has 260 valence electrons. The first kappa shape index (κ1) is 33.6. The molecule has 4 heterocycles. The number of nitrogens with zero attached hydrogens (tertiary/aromatic N) is 4. The quantitative estimate of drug-likeness (QED) is 0.171. The van der Waals surface area contributed by atoms with Crippen LogP contribution in [0.25, 0.3) is 10.9 Å². The Balaban J connectivity index is 1.15. The predicted octanol–water partition coefficient (Wildman–Crippen LogP) is -0.210. The lowest BCUT2D eigenvalue weighted by atomic mass is 9.98. The fourth-order valence-electron chi connectivity index (χ4n) is 6.48. The van der Waals surface area contributed by atoms with Crippen molar-refractivity contribution in [2.75, 3.05) is 37.6 Å². The molecule has 6 rings (SSSR count). The Morgan fingerprint density at radius 3 is 2.38 bits per heavy atom. The van der Waals surface area contributed by atoms with Crippen LogP contribution in [0.1, 0.15) is 55.9 Å². The van der Waals surface area contributed by atoms with Gasteiger partial charge in [-0.1, -0.05) is 13.8 Å². The van der Waals surface area contributed by atoms with Gasteiger partial charge in [-0.15, -0.1) is 4.28 Å². The standard InChI is InChI=1S/C29H37FN8O9S/c1-15(2)24(32-27(41)21-6-5-17-13-37(21)29(43)38(17)47-48(44,45)46)28(42)34-33-26(40)19-14-36(16-3-4-16)22-12-23(35-9-7-31-8-10-35)20(30)11-18(22)25(19)39/h11-12,14-17,21,24,31H,3-10,13H2,1-2H3,(H,32,41)(H,33,40)(H,34,42)(H,44,45,46)/t17-,21+,24+/m1/s1. The van der Waals surface area contributed by atoms with Crippen molar-refractivity contribution in [3.63, 3.8) is 0 Å². The smallest absolute Gasteiger partial charge is 0.367 e. The Kier molecular flexibility index (Phi) is 9.05. The van der Waals surface area contributed by atoms with Crippen LogP contribution < -0.4 is 31.8 Å². The van der Waals surface area contributed by atoms with E-state index in [1.807, 2.05) is 4.90 Å². The predicted molar refractivity (Wildman–Crippen MR) is 167 cm³/mol. The van der Waals surface area contributed by atoms with E-state index < -0.39 is 69.4 Å². The fourth-order valence-corrected chi connectivity index (χ4v) is 6.86. The lowest BCUT2D eigenvalue weighted by Gasteiger charge is -2.31. The summed E-state index contributed by atoms with van der Waals surface area (Å²) in [4.78, 5) is 68.9. The molecule has 1 aliphatic carbocycles. The first-order valence-electron chi connectivity index (χ1n) is 15.7. The van der Waals surface area contributed by atoms with E-state index >= 15 is 4.39 Å². The van der Waals surface area contributed by atoms with Gasteiger partial charge in [0, 0.05) is 50.3 Å². The van der Waals surface area contributed by atoms with Gasteiger partial charge in [-0.25, -0.2) is 9.18 Å². The molecular formula is C29H37FN8O9S. The van der Waals surface area contributed by atoms with E-state index in [-0.39, 0.29) is 36.4 Å². The third-order valence-electron chi connectivity index (χ3n) is 9.09. The van der Waals surface area contributed by atoms with Gasteiger partial charge in [0.15, 0.2) is 0 Å². The molecular weight excluding hydrogens is 655 g/mol. The summed E-state index contributed by atoms with van der Waals surface area (Å²) >= 11 is 0. The molecule has 3 aliphatic heterocycles. The number of piperidine rings is 1. The van der Waals surface area contributed by atoms with Crippen LogP contribution in [0, 0.1) is 11.7 Å². The van der Waals surface area contributed by atoms with Crippen LogP contribution >= 0.6 is 0 Å². The maximum atomic E-state index is 15.3. The number of rotatable bonds is 9. The molecule has 2 bridgehead atoms. The van der Waals surface area contributed by atoms with E-state index in [4.69, 9.17) is 4.55 Å². The first-order chi connectivity index (χ1) is 22.7. The molecule has 3 atom stereocenters. The molecule has 4 aliphatic rings. The number of anilines is 1. The number of hydrogen-bond donors (Lipinski definition) is 5. The summed E-state index contributed by atoms with van der Waals surface area (Å²) in [6.07, 6.45) is 3.38. The number of hydrogen-bond acceptors (Lipinski definition) is 10. The third-order valence-corrected chi connectivity index (χ3v) is 9.44. The maximum absolute atomic E-state index is 15.3. The highest BCUT2D eigenvalue weighted by Gasteiger charge is 2.49. The van der Waals surface area contributed by atoms with Gasteiger partial charge in [-0.05, 0) is 43.7 Å². The number of pyridine rings is 1. The second kappa shape index (κ2) is 12.9. The Hall–Kier alpha value is -4.33. The SMILES string of the molecule is CC(C)[C@H](NC(=O)[C@@H]1CC[C@@H]2CN1C(=O)N2OS(=O)(=O)O)C(=O)NNC(=O)c1cn(C2CC2)c2cc(N3CCNCC3)c(F)cc2c1=O. The molecule has 48 heavy (non-hydrogen) atoms. The minimum atomic E-state index is -4.97. The van der Waals surface area contributed by atoms with Gasteiger partial charge in [0.1, 0.15) is 23.5 Å². The van der Waals surface area contributed by atoms with Crippen molar-refractivity contribution >= 4 is 50.7 Å². The van der Waals surface area contributed by atoms with Crippen molar-refractivity contribution in [1.82, 2.24) is 36.0 Å². The number of benzene rings is 1. The molecule has 2 aromatic rings. The van der Waals surface area contributed by atoms with Crippen LogP contribution in [-0.4, -0.2) is 102 Å². The molecule has 4 fully saturated rings. The zero-order chi connectivity index (χ0) is 34.5. The number of hydroxylamine groups is 2. The van der Waals surface area contributed by atoms with Gasteiger partial charge >= 0.3 is 16.4 Å². The second-order valence-electron chi connectivity index (χ2n) is 12.8. The van der Waals surface area contributed by atoms with Gasteiger partial charge in [-0.2, -0.15) is 13.5 Å². The minimum Gasteiger partial charge on any atom is -0.367 e. The monoisotopic (exact) mass is 692 g/mol. The molecule has 17 nitrogen and oxygen atoms in total. The van der Waals surface area contributed by atoms with Gasteiger partial charge in [-0.3, -0.25) is 34.6 Å². The number of fused-ring (bicyclic) bond motifs is 3. The summed E-state index contributed by atoms with van der Waals surface area (Å²) in [5.41, 5.74) is 4.39. The largest absolute Gasteiger partial charge is 0.418 e. The molecule has 0 radical (unpaired) electrons. The lowest BCUT2D eigenvalue weighted by molar-refractivity contribution is -0.133. The van der Waals surface area contributed by atoms with Crippen LogP contribution in [-0.2, 0) is 24.3 Å². The third kappa shape index (κ3) is 6.67. The number of aromatic nitrogens is 1. The normalized spacial score (nSPS) is 21.9. The van der Waals surface area contributed by atoms with Gasteiger partial charge in [0.25, 0.3) is 11.8 Å². The number of halogens is 1. The van der Waals surface area contributed by atoms with E-state index in [1.54, 1.807) is 24.5 Å². The zero-order valence-corrected chi connectivity index (χ0v) is 27.1. The average Bonchev–Trinajstić information content (AvgIpc) is 3.86. The van der Waals surface area contributed by atoms with Crippen LogP contribution in [0.2, 0.25) is 0 Å². The minimum absolute atomic E-state index is 0.0281. The molecule has 3 saturated heterocycles. The van der Waals surface area contributed by atoms with Crippen molar-refractivity contribution in [2.24, 2.45) is 5.92 Å². The fraction of sp³-hybridized carbons (Fsp3) is 0.552. The Morgan fingerprint density at radius 1 is 1.04 bits per heavy atom.